The summed E-state index contributed by atoms with van der Waals surface area (Å²) in [5.74, 6) is -1.12. The summed E-state index contributed by atoms with van der Waals surface area (Å²) >= 11 is 0. The van der Waals surface area contributed by atoms with E-state index in [1.54, 1.807) is 4.90 Å². The van der Waals surface area contributed by atoms with Crippen LogP contribution in [0.3, 0.4) is 0 Å². The topological polar surface area (TPSA) is 49.8 Å². The van der Waals surface area contributed by atoms with E-state index in [-0.39, 0.29) is 12.0 Å². The lowest BCUT2D eigenvalue weighted by Gasteiger charge is -2.35. The van der Waals surface area contributed by atoms with Crippen molar-refractivity contribution in [1.29, 1.82) is 0 Å². The van der Waals surface area contributed by atoms with Gasteiger partial charge in [0.1, 0.15) is 0 Å². The molecule has 1 saturated heterocycles. The van der Waals surface area contributed by atoms with Crippen LogP contribution in [0, 0.1) is 0 Å². The Labute approximate surface area is 120 Å². The van der Waals surface area contributed by atoms with Gasteiger partial charge in [-0.1, -0.05) is 18.2 Å². The highest BCUT2D eigenvalue weighted by Gasteiger charge is 2.37. The first-order valence-corrected chi connectivity index (χ1v) is 6.59. The first-order valence-electron chi connectivity index (χ1n) is 6.59. The predicted octanol–water partition coefficient (Wildman–Crippen LogP) is 2.55. The van der Waals surface area contributed by atoms with E-state index in [0.29, 0.717) is 26.3 Å². The van der Waals surface area contributed by atoms with E-state index < -0.39 is 23.8 Å². The van der Waals surface area contributed by atoms with Crippen LogP contribution in [-0.4, -0.2) is 42.3 Å². The lowest BCUT2D eigenvalue weighted by Crippen LogP contribution is -2.40. The molecule has 1 aromatic rings. The molecule has 0 aliphatic carbocycles. The van der Waals surface area contributed by atoms with E-state index in [1.807, 2.05) is 0 Å². The van der Waals surface area contributed by atoms with Crippen molar-refractivity contribution in [2.75, 3.05) is 26.3 Å². The quantitative estimate of drug-likeness (QED) is 0.929. The van der Waals surface area contributed by atoms with Gasteiger partial charge in [-0.2, -0.15) is 13.2 Å². The predicted molar refractivity (Wildman–Crippen MR) is 68.8 cm³/mol. The lowest BCUT2D eigenvalue weighted by molar-refractivity contribution is -0.142. The van der Waals surface area contributed by atoms with Gasteiger partial charge in [-0.15, -0.1) is 0 Å². The number of hydrogen-bond donors (Lipinski definition) is 1. The van der Waals surface area contributed by atoms with Crippen molar-refractivity contribution in [2.24, 2.45) is 0 Å². The summed E-state index contributed by atoms with van der Waals surface area (Å²) in [6.07, 6.45) is -4.87. The number of alkyl halides is 3. The number of carboxylic acid groups (broad SMARTS) is 1. The van der Waals surface area contributed by atoms with Gasteiger partial charge in [-0.25, -0.2) is 0 Å². The van der Waals surface area contributed by atoms with Gasteiger partial charge in [0.2, 0.25) is 0 Å². The zero-order chi connectivity index (χ0) is 15.5. The van der Waals surface area contributed by atoms with E-state index in [0.717, 1.165) is 6.07 Å². The van der Waals surface area contributed by atoms with E-state index >= 15 is 0 Å². The Morgan fingerprint density at radius 2 is 1.90 bits per heavy atom. The van der Waals surface area contributed by atoms with Crippen LogP contribution in [0.15, 0.2) is 24.3 Å². The number of hydrogen-bond acceptors (Lipinski definition) is 3. The van der Waals surface area contributed by atoms with Crippen molar-refractivity contribution in [3.8, 4) is 0 Å². The number of rotatable bonds is 4. The van der Waals surface area contributed by atoms with Crippen molar-refractivity contribution < 1.29 is 27.8 Å². The molecule has 1 atom stereocenters. The third-order valence-corrected chi connectivity index (χ3v) is 3.48. The van der Waals surface area contributed by atoms with Crippen LogP contribution in [0.25, 0.3) is 0 Å². The number of morpholine rings is 1. The van der Waals surface area contributed by atoms with Gasteiger partial charge in [0, 0.05) is 19.1 Å². The van der Waals surface area contributed by atoms with E-state index in [1.165, 1.54) is 18.2 Å². The zero-order valence-corrected chi connectivity index (χ0v) is 11.3. The van der Waals surface area contributed by atoms with Crippen LogP contribution in [0.4, 0.5) is 13.2 Å². The highest BCUT2D eigenvalue weighted by molar-refractivity contribution is 5.68. The third kappa shape index (κ3) is 3.95. The van der Waals surface area contributed by atoms with E-state index in [9.17, 15) is 18.0 Å². The summed E-state index contributed by atoms with van der Waals surface area (Å²) in [5, 5.41) is 9.03. The van der Waals surface area contributed by atoms with Crippen molar-refractivity contribution >= 4 is 5.97 Å². The molecule has 0 amide bonds. The summed E-state index contributed by atoms with van der Waals surface area (Å²) in [6.45, 7) is 1.63. The standard InChI is InChI=1S/C14H16F3NO3/c15-14(16,17)11-4-2-1-3-10(11)12(9-13(19)20)18-5-7-21-8-6-18/h1-4,12H,5-9H2,(H,19,20). The van der Waals surface area contributed by atoms with Gasteiger partial charge in [0.05, 0.1) is 25.2 Å². The minimum Gasteiger partial charge on any atom is -0.481 e. The fourth-order valence-electron chi connectivity index (χ4n) is 2.54. The summed E-state index contributed by atoms with van der Waals surface area (Å²) in [4.78, 5) is 12.8. The molecular formula is C14H16F3NO3. The molecule has 0 spiro atoms. The molecule has 1 unspecified atom stereocenters. The molecule has 1 aliphatic rings. The molecule has 2 rings (SSSR count). The number of aliphatic carboxylic acids is 1. The number of halogens is 3. The minimum absolute atomic E-state index is 0.00861. The average Bonchev–Trinajstić information content (AvgIpc) is 2.44. The lowest BCUT2D eigenvalue weighted by atomic mass is 9.96. The second kappa shape index (κ2) is 6.44. The molecule has 4 nitrogen and oxygen atoms in total. The minimum atomic E-state index is -4.50. The molecule has 1 aliphatic heterocycles. The molecule has 21 heavy (non-hydrogen) atoms. The Kier molecular flexibility index (Phi) is 4.84. The van der Waals surface area contributed by atoms with Gasteiger partial charge >= 0.3 is 12.1 Å². The molecule has 0 radical (unpaired) electrons. The molecule has 1 fully saturated rings. The maximum atomic E-state index is 13.1. The molecule has 0 bridgehead atoms. The maximum Gasteiger partial charge on any atom is 0.416 e. The first kappa shape index (κ1) is 15.8. The van der Waals surface area contributed by atoms with Gasteiger partial charge < -0.3 is 9.84 Å². The Bertz CT molecular complexity index is 498. The number of nitrogens with zero attached hydrogens (tertiary/aromatic N) is 1. The summed E-state index contributed by atoms with van der Waals surface area (Å²) < 4.78 is 44.5. The monoisotopic (exact) mass is 303 g/mol. The van der Waals surface area contributed by atoms with Gasteiger partial charge in [-0.3, -0.25) is 9.69 Å². The van der Waals surface area contributed by atoms with Gasteiger partial charge in [-0.05, 0) is 11.6 Å². The summed E-state index contributed by atoms with van der Waals surface area (Å²) in [7, 11) is 0. The number of carboxylic acids is 1. The largest absolute Gasteiger partial charge is 0.481 e. The van der Waals surface area contributed by atoms with Crippen molar-refractivity contribution in [1.82, 2.24) is 4.90 Å². The molecule has 0 saturated carbocycles. The Morgan fingerprint density at radius 3 is 2.48 bits per heavy atom. The van der Waals surface area contributed by atoms with Crippen LogP contribution < -0.4 is 0 Å². The number of benzene rings is 1. The van der Waals surface area contributed by atoms with Crippen molar-refractivity contribution in [3.05, 3.63) is 35.4 Å². The molecule has 1 aromatic carbocycles. The second-order valence-corrected chi connectivity index (χ2v) is 4.85. The van der Waals surface area contributed by atoms with Crippen molar-refractivity contribution in [3.63, 3.8) is 0 Å². The fraction of sp³-hybridized carbons (Fsp3) is 0.500. The van der Waals surface area contributed by atoms with Crippen LogP contribution in [-0.2, 0) is 15.7 Å². The summed E-state index contributed by atoms with van der Waals surface area (Å²) in [6, 6.07) is 4.35. The fourth-order valence-corrected chi connectivity index (χ4v) is 2.54. The molecule has 116 valence electrons. The normalized spacial score (nSPS) is 18.4. The highest BCUT2D eigenvalue weighted by atomic mass is 19.4. The van der Waals surface area contributed by atoms with Crippen LogP contribution in [0.1, 0.15) is 23.6 Å². The van der Waals surface area contributed by atoms with Crippen LogP contribution in [0.2, 0.25) is 0 Å². The Hall–Kier alpha value is -1.60. The number of ether oxygens (including phenoxy) is 1. The van der Waals surface area contributed by atoms with Gasteiger partial charge in [0.15, 0.2) is 0 Å². The second-order valence-electron chi connectivity index (χ2n) is 4.85. The smallest absolute Gasteiger partial charge is 0.416 e. The highest BCUT2D eigenvalue weighted by Crippen LogP contribution is 2.37. The maximum absolute atomic E-state index is 13.1. The molecule has 1 N–H and O–H groups in total. The molecule has 7 heteroatoms. The Morgan fingerprint density at radius 1 is 1.29 bits per heavy atom. The molecule has 0 aromatic heterocycles. The van der Waals surface area contributed by atoms with Crippen LogP contribution >= 0.6 is 0 Å². The van der Waals surface area contributed by atoms with Crippen LogP contribution in [0.5, 0.6) is 0 Å². The number of carbonyl (C=O) groups is 1. The SMILES string of the molecule is O=C(O)CC(c1ccccc1C(F)(F)F)N1CCOCC1. The van der Waals surface area contributed by atoms with E-state index in [2.05, 4.69) is 0 Å². The van der Waals surface area contributed by atoms with E-state index in [4.69, 9.17) is 9.84 Å². The van der Waals surface area contributed by atoms with Gasteiger partial charge in [0.25, 0.3) is 0 Å². The first-order chi connectivity index (χ1) is 9.89. The third-order valence-electron chi connectivity index (χ3n) is 3.48. The molecular weight excluding hydrogens is 287 g/mol. The zero-order valence-electron chi connectivity index (χ0n) is 11.3. The average molecular weight is 303 g/mol. The molecule has 1 heterocycles. The summed E-state index contributed by atoms with van der Waals surface area (Å²) in [5.41, 5.74) is -0.767. The Balaban J connectivity index is 2.38. The van der Waals surface area contributed by atoms with Crippen molar-refractivity contribution in [2.45, 2.75) is 18.6 Å².